The van der Waals surface area contributed by atoms with Gasteiger partial charge in [-0.05, 0) is 50.8 Å². The number of hydrogen-bond acceptors (Lipinski definition) is 3. The molecule has 0 aliphatic rings. The summed E-state index contributed by atoms with van der Waals surface area (Å²) >= 11 is 5.64. The molecule has 0 aliphatic heterocycles. The first-order valence-electron chi connectivity index (χ1n) is 7.96. The van der Waals surface area contributed by atoms with E-state index in [1.54, 1.807) is 0 Å². The van der Waals surface area contributed by atoms with Crippen molar-refractivity contribution in [2.24, 2.45) is 4.99 Å². The number of alkyl halides is 3. The number of benzene rings is 2. The summed E-state index contributed by atoms with van der Waals surface area (Å²) < 4.78 is 44.7. The van der Waals surface area contributed by atoms with E-state index in [1.165, 1.54) is 18.3 Å². The third-order valence-corrected chi connectivity index (χ3v) is 4.01. The number of likely N-dealkylation sites (N-methyl/N-ethyl adjacent to an activating group) is 1. The Balaban J connectivity index is 2.28. The number of aryl methyl sites for hydroxylation is 1. The molecule has 0 saturated heterocycles. The molecule has 0 aromatic heterocycles. The summed E-state index contributed by atoms with van der Waals surface area (Å²) in [6.07, 6.45) is -3.00. The third kappa shape index (κ3) is 5.47. The van der Waals surface area contributed by atoms with E-state index in [9.17, 15) is 13.2 Å². The zero-order chi connectivity index (χ0) is 19.3. The van der Waals surface area contributed by atoms with Gasteiger partial charge in [0.25, 0.3) is 0 Å². The average Bonchev–Trinajstić information content (AvgIpc) is 2.54. The highest BCUT2D eigenvalue weighted by Crippen LogP contribution is 2.36. The van der Waals surface area contributed by atoms with Gasteiger partial charge >= 0.3 is 6.18 Å². The van der Waals surface area contributed by atoms with E-state index in [1.807, 2.05) is 44.1 Å². The Bertz CT molecular complexity index is 789. The Kier molecular flexibility index (Phi) is 6.67. The van der Waals surface area contributed by atoms with Gasteiger partial charge in [0.15, 0.2) is 0 Å². The molecular formula is C19H20ClF3N2O. The van der Waals surface area contributed by atoms with Crippen molar-refractivity contribution >= 4 is 23.5 Å². The molecule has 0 fully saturated rings. The van der Waals surface area contributed by atoms with Gasteiger partial charge in [0.2, 0.25) is 0 Å². The quantitative estimate of drug-likeness (QED) is 0.626. The lowest BCUT2D eigenvalue weighted by atomic mass is 10.1. The Morgan fingerprint density at radius 3 is 2.58 bits per heavy atom. The maximum Gasteiger partial charge on any atom is 0.417 e. The third-order valence-electron chi connectivity index (χ3n) is 3.68. The second-order valence-electron chi connectivity index (χ2n) is 6.06. The summed E-state index contributed by atoms with van der Waals surface area (Å²) in [5.41, 5.74) is 0.918. The highest BCUT2D eigenvalue weighted by Gasteiger charge is 2.33. The number of aliphatic imine (C=N–C) groups is 1. The van der Waals surface area contributed by atoms with Gasteiger partial charge in [-0.15, -0.1) is 0 Å². The van der Waals surface area contributed by atoms with Gasteiger partial charge in [0.1, 0.15) is 12.4 Å². The smallest absolute Gasteiger partial charge is 0.417 e. The molecule has 2 rings (SSSR count). The fraction of sp³-hybridized carbons (Fsp3) is 0.316. The van der Waals surface area contributed by atoms with Crippen LogP contribution in [0.3, 0.4) is 0 Å². The zero-order valence-electron chi connectivity index (χ0n) is 14.8. The van der Waals surface area contributed by atoms with Gasteiger partial charge in [-0.2, -0.15) is 13.2 Å². The van der Waals surface area contributed by atoms with Crippen molar-refractivity contribution in [1.82, 2.24) is 4.90 Å². The lowest BCUT2D eigenvalue weighted by molar-refractivity contribution is -0.137. The lowest BCUT2D eigenvalue weighted by Gasteiger charge is -2.14. The number of ether oxygens (including phenoxy) is 1. The minimum absolute atomic E-state index is 0.171. The molecule has 0 radical (unpaired) electrons. The molecule has 0 atom stereocenters. The SMILES string of the molecule is Cc1cccc(OCCN(C)C)c1/C=N/c1ccc(Cl)c(C(F)(F)F)c1. The van der Waals surface area contributed by atoms with Crippen LogP contribution >= 0.6 is 11.6 Å². The van der Waals surface area contributed by atoms with Crippen LogP contribution < -0.4 is 4.74 Å². The zero-order valence-corrected chi connectivity index (χ0v) is 15.5. The Hall–Kier alpha value is -2.05. The van der Waals surface area contributed by atoms with Crippen LogP contribution in [0.15, 0.2) is 41.4 Å². The first kappa shape index (κ1) is 20.3. The van der Waals surface area contributed by atoms with Crippen molar-refractivity contribution in [2.75, 3.05) is 27.2 Å². The van der Waals surface area contributed by atoms with Crippen LogP contribution in [0.25, 0.3) is 0 Å². The Morgan fingerprint density at radius 1 is 1.19 bits per heavy atom. The molecule has 2 aromatic carbocycles. The van der Waals surface area contributed by atoms with E-state index in [0.29, 0.717) is 12.4 Å². The molecule has 2 aromatic rings. The fourth-order valence-corrected chi connectivity index (χ4v) is 2.46. The van der Waals surface area contributed by atoms with E-state index in [-0.39, 0.29) is 10.7 Å². The second-order valence-corrected chi connectivity index (χ2v) is 6.47. The van der Waals surface area contributed by atoms with E-state index in [0.717, 1.165) is 23.7 Å². The summed E-state index contributed by atoms with van der Waals surface area (Å²) in [7, 11) is 3.89. The molecule has 0 spiro atoms. The van der Waals surface area contributed by atoms with Crippen LogP contribution in [0, 0.1) is 6.92 Å². The fourth-order valence-electron chi connectivity index (χ4n) is 2.23. The van der Waals surface area contributed by atoms with Gasteiger partial charge in [-0.3, -0.25) is 4.99 Å². The highest BCUT2D eigenvalue weighted by molar-refractivity contribution is 6.31. The van der Waals surface area contributed by atoms with Gasteiger partial charge in [-0.1, -0.05) is 23.7 Å². The molecule has 26 heavy (non-hydrogen) atoms. The number of hydrogen-bond donors (Lipinski definition) is 0. The number of halogens is 4. The molecule has 0 amide bonds. The van der Waals surface area contributed by atoms with Gasteiger partial charge in [0.05, 0.1) is 16.3 Å². The summed E-state index contributed by atoms with van der Waals surface area (Å²) in [4.78, 5) is 6.18. The molecule has 0 aliphatic carbocycles. The number of nitrogens with zero attached hydrogens (tertiary/aromatic N) is 2. The molecule has 7 heteroatoms. The molecule has 3 nitrogen and oxygen atoms in total. The van der Waals surface area contributed by atoms with E-state index < -0.39 is 11.7 Å². The molecule has 0 bridgehead atoms. The van der Waals surface area contributed by atoms with Crippen molar-refractivity contribution in [3.63, 3.8) is 0 Å². The maximum atomic E-state index is 13.0. The van der Waals surface area contributed by atoms with Crippen molar-refractivity contribution in [2.45, 2.75) is 13.1 Å². The highest BCUT2D eigenvalue weighted by atomic mass is 35.5. The first-order valence-corrected chi connectivity index (χ1v) is 8.34. The summed E-state index contributed by atoms with van der Waals surface area (Å²) in [6, 6.07) is 9.14. The van der Waals surface area contributed by atoms with Crippen molar-refractivity contribution in [3.8, 4) is 5.75 Å². The largest absolute Gasteiger partial charge is 0.492 e. The lowest BCUT2D eigenvalue weighted by Crippen LogP contribution is -2.19. The molecular weight excluding hydrogens is 365 g/mol. The van der Waals surface area contributed by atoms with Crippen molar-refractivity contribution in [1.29, 1.82) is 0 Å². The average molecular weight is 385 g/mol. The second kappa shape index (κ2) is 8.56. The normalized spacial score (nSPS) is 12.2. The van der Waals surface area contributed by atoms with Crippen LogP contribution in [0.2, 0.25) is 5.02 Å². The van der Waals surface area contributed by atoms with Crippen LogP contribution in [0.1, 0.15) is 16.7 Å². The predicted molar refractivity (Wildman–Crippen MR) is 98.9 cm³/mol. The summed E-state index contributed by atoms with van der Waals surface area (Å²) in [5.74, 6) is 0.639. The van der Waals surface area contributed by atoms with Crippen LogP contribution in [0.5, 0.6) is 5.75 Å². The first-order chi connectivity index (χ1) is 12.2. The summed E-state index contributed by atoms with van der Waals surface area (Å²) in [6.45, 7) is 3.14. The Morgan fingerprint density at radius 2 is 1.92 bits per heavy atom. The standard InChI is InChI=1S/C19H20ClF3N2O/c1-13-5-4-6-18(26-10-9-25(2)3)15(13)12-24-14-7-8-17(20)16(11-14)19(21,22)23/h4-8,11-12H,9-10H2,1-3H3/b24-12+. The molecule has 0 unspecified atom stereocenters. The molecule has 0 saturated carbocycles. The minimum Gasteiger partial charge on any atom is -0.492 e. The van der Waals surface area contributed by atoms with E-state index >= 15 is 0 Å². The van der Waals surface area contributed by atoms with E-state index in [2.05, 4.69) is 4.99 Å². The monoisotopic (exact) mass is 384 g/mol. The topological polar surface area (TPSA) is 24.8 Å². The van der Waals surface area contributed by atoms with Crippen molar-refractivity contribution < 1.29 is 17.9 Å². The Labute approximate surface area is 156 Å². The van der Waals surface area contributed by atoms with Crippen molar-refractivity contribution in [3.05, 3.63) is 58.1 Å². The van der Waals surface area contributed by atoms with E-state index in [4.69, 9.17) is 16.3 Å². The molecule has 140 valence electrons. The van der Waals surface area contributed by atoms with Crippen LogP contribution in [-0.2, 0) is 6.18 Å². The van der Waals surface area contributed by atoms with Crippen LogP contribution in [0.4, 0.5) is 18.9 Å². The van der Waals surface area contributed by atoms with Gasteiger partial charge in [0, 0.05) is 18.3 Å². The number of rotatable bonds is 6. The minimum atomic E-state index is -4.52. The van der Waals surface area contributed by atoms with Gasteiger partial charge < -0.3 is 9.64 Å². The predicted octanol–water partition coefficient (Wildman–Crippen LogP) is 5.36. The van der Waals surface area contributed by atoms with Gasteiger partial charge in [-0.25, -0.2) is 0 Å². The molecule has 0 heterocycles. The van der Waals surface area contributed by atoms with Crippen LogP contribution in [-0.4, -0.2) is 38.4 Å². The molecule has 0 N–H and O–H groups in total. The summed E-state index contributed by atoms with van der Waals surface area (Å²) in [5, 5.41) is -0.347. The maximum absolute atomic E-state index is 13.0.